The van der Waals surface area contributed by atoms with Crippen LogP contribution in [-0.2, 0) is 9.53 Å². The molecule has 0 bridgehead atoms. The first kappa shape index (κ1) is 19.9. The molecule has 2 heteroatoms. The van der Waals surface area contributed by atoms with Crippen molar-refractivity contribution in [1.29, 1.82) is 0 Å². The minimum atomic E-state index is -0.330. The first-order valence-corrected chi connectivity index (χ1v) is 8.79. The Kier molecular flexibility index (Phi) is 16.2. The number of ether oxygens (including phenoxy) is 1. The van der Waals surface area contributed by atoms with Crippen LogP contribution in [0.25, 0.3) is 0 Å². The molecule has 0 unspecified atom stereocenters. The van der Waals surface area contributed by atoms with Crippen LogP contribution in [-0.4, -0.2) is 5.97 Å². The molecule has 122 valence electrons. The van der Waals surface area contributed by atoms with E-state index >= 15 is 0 Å². The SMILES string of the molecule is C=COC(=O)C=CCCCCCCCCCCCCCC. The van der Waals surface area contributed by atoms with Gasteiger partial charge < -0.3 is 4.74 Å². The smallest absolute Gasteiger partial charge is 0.335 e. The Labute approximate surface area is 131 Å². The molecular weight excluding hydrogens is 260 g/mol. The summed E-state index contributed by atoms with van der Waals surface area (Å²) in [6.45, 7) is 5.61. The van der Waals surface area contributed by atoms with Crippen molar-refractivity contribution < 1.29 is 9.53 Å². The van der Waals surface area contributed by atoms with Crippen LogP contribution in [0.3, 0.4) is 0 Å². The predicted molar refractivity (Wildman–Crippen MR) is 91.1 cm³/mol. The molecule has 0 aromatic carbocycles. The van der Waals surface area contributed by atoms with Gasteiger partial charge in [-0.2, -0.15) is 0 Å². The Morgan fingerprint density at radius 1 is 0.857 bits per heavy atom. The van der Waals surface area contributed by atoms with Crippen LogP contribution in [0, 0.1) is 0 Å². The maximum atomic E-state index is 11.0. The van der Waals surface area contributed by atoms with Crippen molar-refractivity contribution in [3.63, 3.8) is 0 Å². The summed E-state index contributed by atoms with van der Waals surface area (Å²) >= 11 is 0. The molecule has 0 N–H and O–H groups in total. The zero-order chi connectivity index (χ0) is 15.6. The molecule has 0 atom stereocenters. The van der Waals surface area contributed by atoms with E-state index in [1.165, 1.54) is 76.7 Å². The highest BCUT2D eigenvalue weighted by atomic mass is 16.5. The van der Waals surface area contributed by atoms with Gasteiger partial charge in [-0.1, -0.05) is 90.2 Å². The van der Waals surface area contributed by atoms with Gasteiger partial charge in [-0.3, -0.25) is 0 Å². The number of esters is 1. The highest BCUT2D eigenvalue weighted by Crippen LogP contribution is 2.12. The van der Waals surface area contributed by atoms with E-state index in [-0.39, 0.29) is 5.97 Å². The lowest BCUT2D eigenvalue weighted by atomic mass is 10.0. The number of allylic oxidation sites excluding steroid dienone is 1. The van der Waals surface area contributed by atoms with Gasteiger partial charge in [0.05, 0.1) is 6.26 Å². The average molecular weight is 294 g/mol. The summed E-state index contributed by atoms with van der Waals surface area (Å²) in [6, 6.07) is 0. The van der Waals surface area contributed by atoms with Crippen molar-refractivity contribution in [1.82, 2.24) is 0 Å². The zero-order valence-electron chi connectivity index (χ0n) is 13.9. The number of unbranched alkanes of at least 4 members (excludes halogenated alkanes) is 12. The van der Waals surface area contributed by atoms with Crippen molar-refractivity contribution in [3.05, 3.63) is 25.0 Å². The van der Waals surface area contributed by atoms with Crippen LogP contribution in [0.4, 0.5) is 0 Å². The minimum Gasteiger partial charge on any atom is -0.432 e. The number of hydrogen-bond acceptors (Lipinski definition) is 2. The maximum Gasteiger partial charge on any atom is 0.335 e. The van der Waals surface area contributed by atoms with E-state index in [2.05, 4.69) is 18.2 Å². The van der Waals surface area contributed by atoms with Crippen molar-refractivity contribution in [3.8, 4) is 0 Å². The molecule has 0 aliphatic carbocycles. The van der Waals surface area contributed by atoms with Gasteiger partial charge in [0.25, 0.3) is 0 Å². The Hall–Kier alpha value is -1.05. The normalized spacial score (nSPS) is 10.9. The highest BCUT2D eigenvalue weighted by molar-refractivity contribution is 5.82. The average Bonchev–Trinajstić information content (AvgIpc) is 2.48. The molecule has 0 amide bonds. The Bertz CT molecular complexity index is 269. The van der Waals surface area contributed by atoms with E-state index in [0.29, 0.717) is 0 Å². The van der Waals surface area contributed by atoms with Gasteiger partial charge in [0, 0.05) is 6.08 Å². The molecule has 21 heavy (non-hydrogen) atoms. The first-order chi connectivity index (χ1) is 10.3. The summed E-state index contributed by atoms with van der Waals surface area (Å²) in [6.07, 6.45) is 21.8. The van der Waals surface area contributed by atoms with Crippen LogP contribution in [0.2, 0.25) is 0 Å². The molecule has 0 aliphatic rings. The van der Waals surface area contributed by atoms with Crippen molar-refractivity contribution in [2.24, 2.45) is 0 Å². The van der Waals surface area contributed by atoms with Crippen molar-refractivity contribution in [2.45, 2.75) is 90.4 Å². The quantitative estimate of drug-likeness (QED) is 0.153. The van der Waals surface area contributed by atoms with Crippen LogP contribution < -0.4 is 0 Å². The third-order valence-corrected chi connectivity index (χ3v) is 3.68. The lowest BCUT2D eigenvalue weighted by Gasteiger charge is -2.02. The Morgan fingerprint density at radius 3 is 1.81 bits per heavy atom. The molecule has 0 spiro atoms. The number of carbonyl (C=O) groups excluding carboxylic acids is 1. The third-order valence-electron chi connectivity index (χ3n) is 3.68. The summed E-state index contributed by atoms with van der Waals surface area (Å²) in [4.78, 5) is 11.0. The van der Waals surface area contributed by atoms with E-state index in [1.807, 2.05) is 6.08 Å². The molecule has 0 saturated carbocycles. The van der Waals surface area contributed by atoms with E-state index < -0.39 is 0 Å². The summed E-state index contributed by atoms with van der Waals surface area (Å²) in [5, 5.41) is 0. The van der Waals surface area contributed by atoms with Gasteiger partial charge >= 0.3 is 5.97 Å². The summed E-state index contributed by atoms with van der Waals surface area (Å²) in [5.41, 5.74) is 0. The first-order valence-electron chi connectivity index (χ1n) is 8.79. The molecule has 0 fully saturated rings. The van der Waals surface area contributed by atoms with E-state index in [0.717, 1.165) is 19.1 Å². The second-order valence-electron chi connectivity index (χ2n) is 5.68. The van der Waals surface area contributed by atoms with E-state index in [9.17, 15) is 4.79 Å². The minimum absolute atomic E-state index is 0.330. The fourth-order valence-corrected chi connectivity index (χ4v) is 2.40. The van der Waals surface area contributed by atoms with E-state index in [1.54, 1.807) is 0 Å². The number of hydrogen-bond donors (Lipinski definition) is 0. The molecule has 0 saturated heterocycles. The standard InChI is InChI=1S/C19H34O2/c1-3-5-6-7-8-9-10-11-12-13-14-15-16-17-18-19(20)21-4-2/h4,17-18H,2-3,5-16H2,1H3. The molecule has 0 aliphatic heterocycles. The van der Waals surface area contributed by atoms with Crippen LogP contribution in [0.1, 0.15) is 90.4 Å². The van der Waals surface area contributed by atoms with Crippen molar-refractivity contribution in [2.75, 3.05) is 0 Å². The Morgan fingerprint density at radius 2 is 1.33 bits per heavy atom. The zero-order valence-corrected chi connectivity index (χ0v) is 13.9. The molecule has 0 rings (SSSR count). The molecule has 0 heterocycles. The molecule has 0 aromatic heterocycles. The fraction of sp³-hybridized carbons (Fsp3) is 0.737. The fourth-order valence-electron chi connectivity index (χ4n) is 2.40. The second-order valence-corrected chi connectivity index (χ2v) is 5.68. The number of carbonyl (C=O) groups is 1. The van der Waals surface area contributed by atoms with Gasteiger partial charge in [0.1, 0.15) is 0 Å². The summed E-state index contributed by atoms with van der Waals surface area (Å²) < 4.78 is 4.59. The van der Waals surface area contributed by atoms with Crippen LogP contribution in [0.15, 0.2) is 25.0 Å². The van der Waals surface area contributed by atoms with Gasteiger partial charge in [0.15, 0.2) is 0 Å². The summed E-state index contributed by atoms with van der Waals surface area (Å²) in [5.74, 6) is -0.330. The summed E-state index contributed by atoms with van der Waals surface area (Å²) in [7, 11) is 0. The molecule has 0 radical (unpaired) electrons. The topological polar surface area (TPSA) is 26.3 Å². The maximum absolute atomic E-state index is 11.0. The van der Waals surface area contributed by atoms with Crippen LogP contribution >= 0.6 is 0 Å². The van der Waals surface area contributed by atoms with Gasteiger partial charge in [-0.25, -0.2) is 4.79 Å². The van der Waals surface area contributed by atoms with Gasteiger partial charge in [0.2, 0.25) is 0 Å². The third kappa shape index (κ3) is 16.9. The lowest BCUT2D eigenvalue weighted by Crippen LogP contribution is -1.92. The van der Waals surface area contributed by atoms with Crippen LogP contribution in [0.5, 0.6) is 0 Å². The molecular formula is C19H34O2. The van der Waals surface area contributed by atoms with Gasteiger partial charge in [-0.05, 0) is 12.8 Å². The predicted octanol–water partition coefficient (Wildman–Crippen LogP) is 6.32. The monoisotopic (exact) mass is 294 g/mol. The second kappa shape index (κ2) is 17.0. The molecule has 0 aromatic rings. The highest BCUT2D eigenvalue weighted by Gasteiger charge is 1.94. The number of rotatable bonds is 15. The van der Waals surface area contributed by atoms with Gasteiger partial charge in [-0.15, -0.1) is 0 Å². The largest absolute Gasteiger partial charge is 0.432 e. The van der Waals surface area contributed by atoms with E-state index in [4.69, 9.17) is 0 Å². The lowest BCUT2D eigenvalue weighted by molar-refractivity contribution is -0.132. The Balaban J connectivity index is 3.12. The molecule has 2 nitrogen and oxygen atoms in total. The van der Waals surface area contributed by atoms with Crippen molar-refractivity contribution >= 4 is 5.97 Å².